The number of rotatable bonds is 7. The van der Waals surface area contributed by atoms with Crippen LogP contribution in [0.3, 0.4) is 0 Å². The molecule has 0 spiro atoms. The van der Waals surface area contributed by atoms with Crippen molar-refractivity contribution in [2.24, 2.45) is 0 Å². The number of hydrogen-bond acceptors (Lipinski definition) is 6. The molecule has 0 unspecified atom stereocenters. The summed E-state index contributed by atoms with van der Waals surface area (Å²) in [6, 6.07) is 7.83. The third-order valence-corrected chi connectivity index (χ3v) is 6.21. The standard InChI is InChI=1S/C17H17N3OS3/c1-12-15(24-17(20-12)14-4-2-3-6-18-14)16(21)19-7-9-23-11-13-5-8-22-10-13/h2-6,8,10H,7,9,11H2,1H3,(H,19,21). The van der Waals surface area contributed by atoms with E-state index in [9.17, 15) is 4.79 Å². The molecule has 0 aromatic carbocycles. The number of amides is 1. The van der Waals surface area contributed by atoms with Crippen LogP contribution in [-0.2, 0) is 5.75 Å². The van der Waals surface area contributed by atoms with Crippen LogP contribution in [-0.4, -0.2) is 28.2 Å². The predicted molar refractivity (Wildman–Crippen MR) is 103 cm³/mol. The Morgan fingerprint density at radius 2 is 2.25 bits per heavy atom. The van der Waals surface area contributed by atoms with E-state index in [1.165, 1.54) is 16.9 Å². The largest absolute Gasteiger partial charge is 0.350 e. The van der Waals surface area contributed by atoms with Crippen LogP contribution in [0, 0.1) is 6.92 Å². The Labute approximate surface area is 153 Å². The number of carbonyl (C=O) groups is 1. The second-order valence-electron chi connectivity index (χ2n) is 5.09. The third kappa shape index (κ3) is 4.43. The van der Waals surface area contributed by atoms with E-state index in [0.717, 1.165) is 27.9 Å². The van der Waals surface area contributed by atoms with Crippen molar-refractivity contribution in [2.75, 3.05) is 12.3 Å². The highest BCUT2D eigenvalue weighted by Gasteiger charge is 2.16. The molecule has 124 valence electrons. The van der Waals surface area contributed by atoms with Gasteiger partial charge in [0, 0.05) is 24.2 Å². The summed E-state index contributed by atoms with van der Waals surface area (Å²) in [5.74, 6) is 1.83. The number of carbonyl (C=O) groups excluding carboxylic acids is 1. The zero-order chi connectivity index (χ0) is 16.8. The molecule has 3 aromatic rings. The van der Waals surface area contributed by atoms with Crippen molar-refractivity contribution in [3.05, 3.63) is 57.4 Å². The van der Waals surface area contributed by atoms with Crippen molar-refractivity contribution in [1.29, 1.82) is 0 Å². The molecule has 0 atom stereocenters. The molecule has 1 N–H and O–H groups in total. The molecule has 0 bridgehead atoms. The number of hydrogen-bond donors (Lipinski definition) is 1. The van der Waals surface area contributed by atoms with Crippen molar-refractivity contribution < 1.29 is 4.79 Å². The van der Waals surface area contributed by atoms with Crippen LogP contribution in [0.25, 0.3) is 10.7 Å². The molecule has 1 amide bonds. The first-order chi connectivity index (χ1) is 11.7. The molecule has 0 aliphatic carbocycles. The average Bonchev–Trinajstić information content (AvgIpc) is 3.25. The van der Waals surface area contributed by atoms with Gasteiger partial charge in [-0.05, 0) is 41.4 Å². The lowest BCUT2D eigenvalue weighted by Crippen LogP contribution is -2.25. The lowest BCUT2D eigenvalue weighted by atomic mass is 10.3. The van der Waals surface area contributed by atoms with Crippen molar-refractivity contribution in [3.8, 4) is 10.7 Å². The molecule has 4 nitrogen and oxygen atoms in total. The summed E-state index contributed by atoms with van der Waals surface area (Å²) in [7, 11) is 0. The maximum Gasteiger partial charge on any atom is 0.263 e. The number of pyridine rings is 1. The summed E-state index contributed by atoms with van der Waals surface area (Å²) in [6.07, 6.45) is 1.73. The van der Waals surface area contributed by atoms with E-state index in [1.54, 1.807) is 17.5 Å². The molecule has 3 heterocycles. The van der Waals surface area contributed by atoms with Gasteiger partial charge in [-0.2, -0.15) is 23.1 Å². The summed E-state index contributed by atoms with van der Waals surface area (Å²) in [5, 5.41) is 8.00. The average molecular weight is 376 g/mol. The quantitative estimate of drug-likeness (QED) is 0.628. The molecule has 0 radical (unpaired) electrons. The molecular weight excluding hydrogens is 358 g/mol. The maximum atomic E-state index is 12.3. The number of nitrogens with zero attached hydrogens (tertiary/aromatic N) is 2. The molecule has 0 aliphatic heterocycles. The molecule has 0 saturated carbocycles. The van der Waals surface area contributed by atoms with Gasteiger partial charge in [0.25, 0.3) is 5.91 Å². The SMILES string of the molecule is Cc1nc(-c2ccccn2)sc1C(=O)NCCSCc1ccsc1. The predicted octanol–water partition coefficient (Wildman–Crippen LogP) is 4.24. The Balaban J connectivity index is 1.51. The van der Waals surface area contributed by atoms with Gasteiger partial charge in [0.1, 0.15) is 9.88 Å². The van der Waals surface area contributed by atoms with Gasteiger partial charge in [-0.25, -0.2) is 4.98 Å². The van der Waals surface area contributed by atoms with E-state index in [4.69, 9.17) is 0 Å². The summed E-state index contributed by atoms with van der Waals surface area (Å²) in [6.45, 7) is 2.52. The highest BCUT2D eigenvalue weighted by Crippen LogP contribution is 2.26. The number of aryl methyl sites for hydroxylation is 1. The molecule has 0 fully saturated rings. The monoisotopic (exact) mass is 375 g/mol. The Kier molecular flexibility index (Phi) is 6.01. The number of thiophene rings is 1. The van der Waals surface area contributed by atoms with Gasteiger partial charge >= 0.3 is 0 Å². The van der Waals surface area contributed by atoms with Crippen LogP contribution in [0.5, 0.6) is 0 Å². The number of aromatic nitrogens is 2. The Morgan fingerprint density at radius 1 is 1.33 bits per heavy atom. The Morgan fingerprint density at radius 3 is 3.00 bits per heavy atom. The van der Waals surface area contributed by atoms with E-state index in [0.29, 0.717) is 11.4 Å². The van der Waals surface area contributed by atoms with Crippen LogP contribution < -0.4 is 5.32 Å². The minimum Gasteiger partial charge on any atom is -0.350 e. The molecule has 3 aromatic heterocycles. The van der Waals surface area contributed by atoms with Gasteiger partial charge in [-0.1, -0.05) is 6.07 Å². The van der Waals surface area contributed by atoms with E-state index < -0.39 is 0 Å². The second kappa shape index (κ2) is 8.41. The van der Waals surface area contributed by atoms with Crippen LogP contribution in [0.15, 0.2) is 41.2 Å². The van der Waals surface area contributed by atoms with Gasteiger partial charge in [0.15, 0.2) is 0 Å². The van der Waals surface area contributed by atoms with E-state index in [-0.39, 0.29) is 5.91 Å². The Bertz CT molecular complexity index is 785. The van der Waals surface area contributed by atoms with Crippen molar-refractivity contribution >= 4 is 40.3 Å². The first kappa shape index (κ1) is 17.1. The van der Waals surface area contributed by atoms with E-state index in [2.05, 4.69) is 32.1 Å². The zero-order valence-electron chi connectivity index (χ0n) is 13.2. The molecule has 3 rings (SSSR count). The second-order valence-corrected chi connectivity index (χ2v) is 7.97. The Hall–Kier alpha value is -1.70. The normalized spacial score (nSPS) is 10.7. The number of thiazole rings is 1. The fourth-order valence-corrected chi connectivity index (χ4v) is 4.63. The first-order valence-corrected chi connectivity index (χ1v) is 10.4. The minimum absolute atomic E-state index is 0.0525. The van der Waals surface area contributed by atoms with Crippen molar-refractivity contribution in [3.63, 3.8) is 0 Å². The molecule has 0 aliphatic rings. The van der Waals surface area contributed by atoms with E-state index >= 15 is 0 Å². The lowest BCUT2D eigenvalue weighted by Gasteiger charge is -2.03. The number of thioether (sulfide) groups is 1. The highest BCUT2D eigenvalue weighted by atomic mass is 32.2. The molecule has 7 heteroatoms. The van der Waals surface area contributed by atoms with Crippen LogP contribution in [0.1, 0.15) is 20.9 Å². The van der Waals surface area contributed by atoms with Crippen molar-refractivity contribution in [1.82, 2.24) is 15.3 Å². The van der Waals surface area contributed by atoms with Crippen LogP contribution >= 0.6 is 34.4 Å². The topological polar surface area (TPSA) is 54.9 Å². The molecular formula is C17H17N3OS3. The van der Waals surface area contributed by atoms with Crippen LogP contribution in [0.2, 0.25) is 0 Å². The number of nitrogens with one attached hydrogen (secondary N) is 1. The van der Waals surface area contributed by atoms with Crippen LogP contribution in [0.4, 0.5) is 0 Å². The van der Waals surface area contributed by atoms with E-state index in [1.807, 2.05) is 36.9 Å². The van der Waals surface area contributed by atoms with Crippen molar-refractivity contribution in [2.45, 2.75) is 12.7 Å². The van der Waals surface area contributed by atoms with Gasteiger partial charge in [0.05, 0.1) is 11.4 Å². The smallest absolute Gasteiger partial charge is 0.263 e. The lowest BCUT2D eigenvalue weighted by molar-refractivity contribution is 0.0959. The third-order valence-electron chi connectivity index (χ3n) is 3.27. The van der Waals surface area contributed by atoms with Gasteiger partial charge in [-0.3, -0.25) is 9.78 Å². The zero-order valence-corrected chi connectivity index (χ0v) is 15.6. The molecule has 0 saturated heterocycles. The summed E-state index contributed by atoms with van der Waals surface area (Å²) in [5.41, 5.74) is 2.90. The summed E-state index contributed by atoms with van der Waals surface area (Å²) in [4.78, 5) is 21.8. The van der Waals surface area contributed by atoms with Gasteiger partial charge in [0.2, 0.25) is 0 Å². The summed E-state index contributed by atoms with van der Waals surface area (Å²) < 4.78 is 0. The fourth-order valence-electron chi connectivity index (χ4n) is 2.09. The van der Waals surface area contributed by atoms with Gasteiger partial charge in [-0.15, -0.1) is 11.3 Å². The molecule has 24 heavy (non-hydrogen) atoms. The first-order valence-electron chi connectivity index (χ1n) is 7.50. The minimum atomic E-state index is -0.0525. The summed E-state index contributed by atoms with van der Waals surface area (Å²) >= 11 is 4.93. The highest BCUT2D eigenvalue weighted by molar-refractivity contribution is 7.98. The van der Waals surface area contributed by atoms with Gasteiger partial charge < -0.3 is 5.32 Å². The maximum absolute atomic E-state index is 12.3. The fraction of sp³-hybridized carbons (Fsp3) is 0.235.